The Kier molecular flexibility index (Phi) is 5.86. The van der Waals surface area contributed by atoms with Gasteiger partial charge in [0.05, 0.1) is 0 Å². The second kappa shape index (κ2) is 8.49. The fraction of sp³-hybridized carbons (Fsp3) is 0.286. The molecular formula is C21H25N3O. The van der Waals surface area contributed by atoms with Gasteiger partial charge < -0.3 is 15.6 Å². The van der Waals surface area contributed by atoms with E-state index in [1.165, 1.54) is 22.0 Å². The minimum absolute atomic E-state index is 0.0560. The number of H-pyrrole nitrogens is 1. The highest BCUT2D eigenvalue weighted by atomic mass is 16.1. The lowest BCUT2D eigenvalue weighted by atomic mass is 10.1. The normalized spacial score (nSPS) is 10.9. The van der Waals surface area contributed by atoms with Gasteiger partial charge in [-0.05, 0) is 42.6 Å². The highest BCUT2D eigenvalue weighted by Gasteiger charge is 2.06. The molecule has 0 spiro atoms. The molecule has 0 saturated carbocycles. The molecule has 130 valence electrons. The molecule has 1 amide bonds. The van der Waals surface area contributed by atoms with Gasteiger partial charge >= 0.3 is 0 Å². The molecule has 1 aromatic heterocycles. The summed E-state index contributed by atoms with van der Waals surface area (Å²) >= 11 is 0. The van der Waals surface area contributed by atoms with Gasteiger partial charge in [-0.25, -0.2) is 0 Å². The number of aryl methyl sites for hydroxylation is 1. The van der Waals surface area contributed by atoms with Gasteiger partial charge in [0.1, 0.15) is 0 Å². The second-order valence-corrected chi connectivity index (χ2v) is 6.17. The van der Waals surface area contributed by atoms with Crippen LogP contribution in [-0.2, 0) is 17.6 Å². The molecule has 2 aromatic carbocycles. The molecule has 3 N–H and O–H groups in total. The minimum atomic E-state index is 0.0560. The molecular weight excluding hydrogens is 310 g/mol. The van der Waals surface area contributed by atoms with E-state index >= 15 is 0 Å². The first-order valence-electron chi connectivity index (χ1n) is 8.91. The summed E-state index contributed by atoms with van der Waals surface area (Å²) in [6.45, 7) is 3.64. The number of aromatic amines is 1. The Morgan fingerprint density at radius 3 is 2.68 bits per heavy atom. The summed E-state index contributed by atoms with van der Waals surface area (Å²) in [4.78, 5) is 15.4. The lowest BCUT2D eigenvalue weighted by molar-refractivity contribution is -0.116. The van der Waals surface area contributed by atoms with Crippen molar-refractivity contribution in [1.29, 1.82) is 0 Å². The Morgan fingerprint density at radius 1 is 1.00 bits per heavy atom. The highest BCUT2D eigenvalue weighted by molar-refractivity contribution is 5.91. The number of hydrogen-bond donors (Lipinski definition) is 3. The van der Waals surface area contributed by atoms with Gasteiger partial charge in [-0.3, -0.25) is 4.79 Å². The van der Waals surface area contributed by atoms with Gasteiger partial charge in [-0.15, -0.1) is 0 Å². The first kappa shape index (κ1) is 17.2. The van der Waals surface area contributed by atoms with Gasteiger partial charge in [-0.1, -0.05) is 43.3 Å². The Balaban J connectivity index is 1.40. The standard InChI is InChI=1S/C21H25N3O/c1-2-16-7-3-5-9-19(16)24-21(25)12-14-22-13-11-17-15-23-20-10-6-4-8-18(17)20/h3-10,15,22-23H,2,11-14H2,1H3,(H,24,25). The molecule has 3 rings (SSSR count). The monoisotopic (exact) mass is 335 g/mol. The van der Waals surface area contributed by atoms with Crippen LogP contribution in [-0.4, -0.2) is 24.0 Å². The maximum absolute atomic E-state index is 12.1. The third kappa shape index (κ3) is 4.48. The van der Waals surface area contributed by atoms with Gasteiger partial charge in [0, 0.05) is 35.8 Å². The maximum atomic E-state index is 12.1. The predicted octanol–water partition coefficient (Wildman–Crippen LogP) is 3.89. The van der Waals surface area contributed by atoms with E-state index in [1.807, 2.05) is 24.3 Å². The van der Waals surface area contributed by atoms with Crippen molar-refractivity contribution in [1.82, 2.24) is 10.3 Å². The van der Waals surface area contributed by atoms with Gasteiger partial charge in [-0.2, -0.15) is 0 Å². The number of carbonyl (C=O) groups is 1. The largest absolute Gasteiger partial charge is 0.361 e. The van der Waals surface area contributed by atoms with Crippen molar-refractivity contribution in [3.8, 4) is 0 Å². The minimum Gasteiger partial charge on any atom is -0.361 e. The lowest BCUT2D eigenvalue weighted by Crippen LogP contribution is -2.23. The van der Waals surface area contributed by atoms with Gasteiger partial charge in [0.25, 0.3) is 0 Å². The van der Waals surface area contributed by atoms with Crippen molar-refractivity contribution in [3.05, 3.63) is 65.9 Å². The molecule has 4 nitrogen and oxygen atoms in total. The average molecular weight is 335 g/mol. The molecule has 0 unspecified atom stereocenters. The summed E-state index contributed by atoms with van der Waals surface area (Å²) in [7, 11) is 0. The molecule has 4 heteroatoms. The lowest BCUT2D eigenvalue weighted by Gasteiger charge is -2.10. The SMILES string of the molecule is CCc1ccccc1NC(=O)CCNCCc1c[nH]c2ccccc12. The van der Waals surface area contributed by atoms with E-state index in [0.717, 1.165) is 25.1 Å². The Morgan fingerprint density at radius 2 is 1.80 bits per heavy atom. The molecule has 0 aliphatic rings. The molecule has 0 aliphatic heterocycles. The molecule has 0 aliphatic carbocycles. The summed E-state index contributed by atoms with van der Waals surface area (Å²) < 4.78 is 0. The molecule has 0 atom stereocenters. The molecule has 25 heavy (non-hydrogen) atoms. The van der Waals surface area contributed by atoms with Crippen molar-refractivity contribution < 1.29 is 4.79 Å². The number of benzene rings is 2. The first-order chi connectivity index (χ1) is 12.3. The fourth-order valence-electron chi connectivity index (χ4n) is 3.05. The summed E-state index contributed by atoms with van der Waals surface area (Å²) in [6.07, 6.45) is 4.41. The van der Waals surface area contributed by atoms with Crippen LogP contribution in [0.5, 0.6) is 0 Å². The van der Waals surface area contributed by atoms with Crippen LogP contribution in [0.25, 0.3) is 10.9 Å². The summed E-state index contributed by atoms with van der Waals surface area (Å²) in [5, 5.41) is 7.64. The van der Waals surface area contributed by atoms with Crippen molar-refractivity contribution in [3.63, 3.8) is 0 Å². The quantitative estimate of drug-likeness (QED) is 0.547. The second-order valence-electron chi connectivity index (χ2n) is 6.17. The summed E-state index contributed by atoms with van der Waals surface area (Å²) in [6, 6.07) is 16.3. The number of anilines is 1. The molecule has 0 bridgehead atoms. The topological polar surface area (TPSA) is 56.9 Å². The average Bonchev–Trinajstić information content (AvgIpc) is 3.05. The number of amides is 1. The number of aromatic nitrogens is 1. The first-order valence-corrected chi connectivity index (χ1v) is 8.91. The number of rotatable bonds is 8. The summed E-state index contributed by atoms with van der Waals surface area (Å²) in [5.41, 5.74) is 4.58. The molecule has 0 radical (unpaired) electrons. The zero-order chi connectivity index (χ0) is 17.5. The molecule has 0 saturated heterocycles. The molecule has 3 aromatic rings. The van der Waals surface area contributed by atoms with Crippen LogP contribution >= 0.6 is 0 Å². The van der Waals surface area contributed by atoms with E-state index in [0.29, 0.717) is 13.0 Å². The van der Waals surface area contributed by atoms with Crippen LogP contribution in [0.3, 0.4) is 0 Å². The van der Waals surface area contributed by atoms with Crippen LogP contribution in [0.2, 0.25) is 0 Å². The van der Waals surface area contributed by atoms with E-state index in [1.54, 1.807) is 0 Å². The smallest absolute Gasteiger partial charge is 0.225 e. The van der Waals surface area contributed by atoms with Gasteiger partial charge in [0.15, 0.2) is 0 Å². The van der Waals surface area contributed by atoms with Crippen LogP contribution in [0.15, 0.2) is 54.7 Å². The number of nitrogens with one attached hydrogen (secondary N) is 3. The third-order valence-corrected chi connectivity index (χ3v) is 4.45. The summed E-state index contributed by atoms with van der Waals surface area (Å²) in [5.74, 6) is 0.0560. The molecule has 0 fully saturated rings. The maximum Gasteiger partial charge on any atom is 0.225 e. The fourth-order valence-corrected chi connectivity index (χ4v) is 3.05. The Hall–Kier alpha value is -2.59. The van der Waals surface area contributed by atoms with E-state index in [4.69, 9.17) is 0 Å². The van der Waals surface area contributed by atoms with Crippen molar-refractivity contribution in [2.75, 3.05) is 18.4 Å². The van der Waals surface area contributed by atoms with E-state index in [2.05, 4.69) is 53.0 Å². The van der Waals surface area contributed by atoms with Crippen molar-refractivity contribution >= 4 is 22.5 Å². The van der Waals surface area contributed by atoms with Crippen molar-refractivity contribution in [2.45, 2.75) is 26.2 Å². The van der Waals surface area contributed by atoms with Crippen molar-refractivity contribution in [2.24, 2.45) is 0 Å². The number of para-hydroxylation sites is 2. The zero-order valence-electron chi connectivity index (χ0n) is 14.6. The number of carbonyl (C=O) groups excluding carboxylic acids is 1. The van der Waals surface area contributed by atoms with E-state index in [9.17, 15) is 4.79 Å². The third-order valence-electron chi connectivity index (χ3n) is 4.45. The van der Waals surface area contributed by atoms with Crippen LogP contribution in [0.1, 0.15) is 24.5 Å². The highest BCUT2D eigenvalue weighted by Crippen LogP contribution is 2.18. The number of hydrogen-bond acceptors (Lipinski definition) is 2. The van der Waals surface area contributed by atoms with Gasteiger partial charge in [0.2, 0.25) is 5.91 Å². The predicted molar refractivity (Wildman–Crippen MR) is 104 cm³/mol. The molecule has 1 heterocycles. The van der Waals surface area contributed by atoms with Crippen LogP contribution in [0, 0.1) is 0 Å². The van der Waals surface area contributed by atoms with E-state index < -0.39 is 0 Å². The zero-order valence-corrected chi connectivity index (χ0v) is 14.6. The number of fused-ring (bicyclic) bond motifs is 1. The van der Waals surface area contributed by atoms with E-state index in [-0.39, 0.29) is 5.91 Å². The van der Waals surface area contributed by atoms with Crippen LogP contribution in [0.4, 0.5) is 5.69 Å². The Labute approximate surface area is 148 Å². The van der Waals surface area contributed by atoms with Crippen LogP contribution < -0.4 is 10.6 Å². The Bertz CT molecular complexity index is 838.